The molecule has 0 bridgehead atoms. The van der Waals surface area contributed by atoms with Crippen molar-refractivity contribution in [2.45, 2.75) is 57.1 Å². The SMILES string of the molecule is CC[C@@H](C)NC(=O)[C@@H](CC)N(Cc1ccc(Cl)cc1)C(=O)CN(c1cccc(Cl)c1Cl)S(=O)(=O)c1ccccc1. The van der Waals surface area contributed by atoms with E-state index in [0.29, 0.717) is 17.9 Å². The second-order valence-corrected chi connectivity index (χ2v) is 12.4. The zero-order valence-corrected chi connectivity index (χ0v) is 25.6. The van der Waals surface area contributed by atoms with Crippen molar-refractivity contribution in [2.75, 3.05) is 10.8 Å². The zero-order valence-electron chi connectivity index (χ0n) is 22.5. The highest BCUT2D eigenvalue weighted by molar-refractivity contribution is 7.92. The lowest BCUT2D eigenvalue weighted by Gasteiger charge is -2.34. The van der Waals surface area contributed by atoms with Crippen molar-refractivity contribution in [3.05, 3.63) is 93.4 Å². The smallest absolute Gasteiger partial charge is 0.264 e. The number of sulfonamides is 1. The molecule has 214 valence electrons. The molecule has 0 radical (unpaired) electrons. The number of anilines is 1. The number of nitrogens with one attached hydrogen (secondary N) is 1. The van der Waals surface area contributed by atoms with E-state index in [9.17, 15) is 18.0 Å². The van der Waals surface area contributed by atoms with Gasteiger partial charge in [-0.1, -0.05) is 85.0 Å². The van der Waals surface area contributed by atoms with Crippen LogP contribution in [0.15, 0.2) is 77.7 Å². The van der Waals surface area contributed by atoms with Gasteiger partial charge in [0.25, 0.3) is 10.0 Å². The molecule has 2 atom stereocenters. The number of benzene rings is 3. The van der Waals surface area contributed by atoms with Gasteiger partial charge in [0.2, 0.25) is 11.8 Å². The predicted molar refractivity (Wildman–Crippen MR) is 161 cm³/mol. The van der Waals surface area contributed by atoms with E-state index >= 15 is 0 Å². The Morgan fingerprint density at radius 3 is 2.12 bits per heavy atom. The van der Waals surface area contributed by atoms with Gasteiger partial charge in [-0.3, -0.25) is 13.9 Å². The molecule has 11 heteroatoms. The van der Waals surface area contributed by atoms with Gasteiger partial charge in [0.15, 0.2) is 0 Å². The van der Waals surface area contributed by atoms with Gasteiger partial charge in [-0.15, -0.1) is 0 Å². The Labute approximate surface area is 251 Å². The van der Waals surface area contributed by atoms with Gasteiger partial charge in [0.05, 0.1) is 20.6 Å². The molecule has 0 aliphatic carbocycles. The number of hydrogen-bond acceptors (Lipinski definition) is 4. The summed E-state index contributed by atoms with van der Waals surface area (Å²) < 4.78 is 28.7. The van der Waals surface area contributed by atoms with Crippen molar-refractivity contribution in [1.29, 1.82) is 0 Å². The van der Waals surface area contributed by atoms with E-state index in [4.69, 9.17) is 34.8 Å². The van der Waals surface area contributed by atoms with Crippen molar-refractivity contribution < 1.29 is 18.0 Å². The molecular formula is C29H32Cl3N3O4S. The number of hydrogen-bond donors (Lipinski definition) is 1. The van der Waals surface area contributed by atoms with Crippen molar-refractivity contribution in [2.24, 2.45) is 0 Å². The Morgan fingerprint density at radius 2 is 1.52 bits per heavy atom. The molecule has 0 aliphatic heterocycles. The molecule has 0 saturated heterocycles. The van der Waals surface area contributed by atoms with Crippen LogP contribution in [0.25, 0.3) is 0 Å². The Balaban J connectivity index is 2.08. The summed E-state index contributed by atoms with van der Waals surface area (Å²) in [7, 11) is -4.25. The fourth-order valence-electron chi connectivity index (χ4n) is 4.07. The lowest BCUT2D eigenvalue weighted by Crippen LogP contribution is -2.53. The number of halogens is 3. The quantitative estimate of drug-likeness (QED) is 0.247. The summed E-state index contributed by atoms with van der Waals surface area (Å²) in [5.41, 5.74) is 0.778. The largest absolute Gasteiger partial charge is 0.352 e. The number of carbonyl (C=O) groups is 2. The van der Waals surface area contributed by atoms with Gasteiger partial charge in [-0.2, -0.15) is 0 Å². The van der Waals surface area contributed by atoms with Crippen molar-refractivity contribution in [3.8, 4) is 0 Å². The van der Waals surface area contributed by atoms with Crippen LogP contribution in [0.4, 0.5) is 5.69 Å². The summed E-state index contributed by atoms with van der Waals surface area (Å²) in [6.07, 6.45) is 1.02. The number of nitrogens with zero attached hydrogens (tertiary/aromatic N) is 2. The molecule has 3 rings (SSSR count). The molecule has 0 fully saturated rings. The van der Waals surface area contributed by atoms with E-state index in [2.05, 4.69) is 5.32 Å². The van der Waals surface area contributed by atoms with Crippen LogP contribution in [0, 0.1) is 0 Å². The molecule has 3 aromatic carbocycles. The maximum Gasteiger partial charge on any atom is 0.264 e. The van der Waals surface area contributed by atoms with Gasteiger partial charge in [0, 0.05) is 17.6 Å². The van der Waals surface area contributed by atoms with E-state index < -0.39 is 28.5 Å². The molecule has 2 amide bonds. The molecule has 0 spiro atoms. The third kappa shape index (κ3) is 7.69. The first-order valence-corrected chi connectivity index (χ1v) is 15.4. The summed E-state index contributed by atoms with van der Waals surface area (Å²) in [6, 6.07) is 18.3. The monoisotopic (exact) mass is 623 g/mol. The Morgan fingerprint density at radius 1 is 0.875 bits per heavy atom. The highest BCUT2D eigenvalue weighted by atomic mass is 35.5. The zero-order chi connectivity index (χ0) is 29.4. The van der Waals surface area contributed by atoms with Crippen LogP contribution in [0.3, 0.4) is 0 Å². The summed E-state index contributed by atoms with van der Waals surface area (Å²) in [5, 5.41) is 3.60. The van der Waals surface area contributed by atoms with Crippen LogP contribution < -0.4 is 9.62 Å². The van der Waals surface area contributed by atoms with Gasteiger partial charge in [-0.05, 0) is 61.7 Å². The Kier molecular flexibility index (Phi) is 11.3. The van der Waals surface area contributed by atoms with Crippen LogP contribution in [-0.4, -0.2) is 43.8 Å². The maximum atomic E-state index is 14.1. The first-order chi connectivity index (χ1) is 19.0. The first kappa shape index (κ1) is 31.7. The highest BCUT2D eigenvalue weighted by Crippen LogP contribution is 2.35. The summed E-state index contributed by atoms with van der Waals surface area (Å²) >= 11 is 18.8. The Bertz CT molecular complexity index is 1420. The van der Waals surface area contributed by atoms with Crippen LogP contribution in [-0.2, 0) is 26.2 Å². The van der Waals surface area contributed by atoms with E-state index in [0.717, 1.165) is 9.87 Å². The minimum absolute atomic E-state index is 0.0118. The lowest BCUT2D eigenvalue weighted by atomic mass is 10.1. The minimum atomic E-state index is -4.25. The van der Waals surface area contributed by atoms with Gasteiger partial charge in [0.1, 0.15) is 12.6 Å². The normalized spacial score (nSPS) is 12.8. The summed E-state index contributed by atoms with van der Waals surface area (Å²) in [5.74, 6) is -0.908. The standard InChI is InChI=1S/C29H32Cl3N3O4S/c1-4-20(3)33-29(37)25(5-2)34(18-21-14-16-22(30)17-15-21)27(36)19-35(26-13-9-12-24(31)28(26)32)40(38,39)23-10-7-6-8-11-23/h6-17,20,25H,4-5,18-19H2,1-3H3,(H,33,37)/t20-,25-/m1/s1. The molecule has 1 N–H and O–H groups in total. The third-order valence-electron chi connectivity index (χ3n) is 6.46. The van der Waals surface area contributed by atoms with Crippen LogP contribution in [0.2, 0.25) is 15.1 Å². The van der Waals surface area contributed by atoms with Gasteiger partial charge in [-0.25, -0.2) is 8.42 Å². The molecule has 0 aliphatic rings. The van der Waals surface area contributed by atoms with Crippen molar-refractivity contribution in [1.82, 2.24) is 10.2 Å². The van der Waals surface area contributed by atoms with Crippen LogP contribution in [0.5, 0.6) is 0 Å². The Hall–Kier alpha value is -2.78. The van der Waals surface area contributed by atoms with Crippen molar-refractivity contribution in [3.63, 3.8) is 0 Å². The molecule has 7 nitrogen and oxygen atoms in total. The van der Waals surface area contributed by atoms with Crippen LogP contribution in [0.1, 0.15) is 39.2 Å². The molecule has 40 heavy (non-hydrogen) atoms. The molecular weight excluding hydrogens is 593 g/mol. The van der Waals surface area contributed by atoms with E-state index in [1.807, 2.05) is 13.8 Å². The molecule has 0 aromatic heterocycles. The molecule has 0 unspecified atom stereocenters. The number of carbonyl (C=O) groups excluding carboxylic acids is 2. The van der Waals surface area contributed by atoms with E-state index in [-0.39, 0.29) is 39.1 Å². The minimum Gasteiger partial charge on any atom is -0.352 e. The topological polar surface area (TPSA) is 86.8 Å². The first-order valence-electron chi connectivity index (χ1n) is 12.9. The van der Waals surface area contributed by atoms with Gasteiger partial charge >= 0.3 is 0 Å². The highest BCUT2D eigenvalue weighted by Gasteiger charge is 2.34. The van der Waals surface area contributed by atoms with Gasteiger partial charge < -0.3 is 10.2 Å². The second kappa shape index (κ2) is 14.2. The van der Waals surface area contributed by atoms with E-state index in [1.54, 1.807) is 55.5 Å². The maximum absolute atomic E-state index is 14.1. The van der Waals surface area contributed by atoms with Crippen LogP contribution >= 0.6 is 34.8 Å². The second-order valence-electron chi connectivity index (χ2n) is 9.29. The molecule has 0 saturated carbocycles. The average molecular weight is 625 g/mol. The fourth-order valence-corrected chi connectivity index (χ4v) is 6.09. The van der Waals surface area contributed by atoms with E-state index in [1.165, 1.54) is 29.2 Å². The summed E-state index contributed by atoms with van der Waals surface area (Å²) in [4.78, 5) is 28.8. The number of amides is 2. The average Bonchev–Trinajstić information content (AvgIpc) is 2.94. The molecule has 3 aromatic rings. The lowest BCUT2D eigenvalue weighted by molar-refractivity contribution is -0.140. The number of rotatable bonds is 12. The molecule has 0 heterocycles. The van der Waals surface area contributed by atoms with Crippen molar-refractivity contribution >= 4 is 62.3 Å². The summed E-state index contributed by atoms with van der Waals surface area (Å²) in [6.45, 7) is 5.08. The fraction of sp³-hybridized carbons (Fsp3) is 0.310. The predicted octanol–water partition coefficient (Wildman–Crippen LogP) is 6.56. The third-order valence-corrected chi connectivity index (χ3v) is 9.30.